The second-order valence-electron chi connectivity index (χ2n) is 4.30. The summed E-state index contributed by atoms with van der Waals surface area (Å²) in [5, 5.41) is 1.24. The highest BCUT2D eigenvalue weighted by molar-refractivity contribution is 8.04. The average molecular weight is 354 g/mol. The zero-order chi connectivity index (χ0) is 16.6. The second kappa shape index (κ2) is 5.43. The van der Waals surface area contributed by atoms with E-state index in [4.69, 9.17) is 0 Å². The van der Waals surface area contributed by atoms with Crippen LogP contribution >= 0.6 is 0 Å². The Bertz CT molecular complexity index is 849. The van der Waals surface area contributed by atoms with Crippen molar-refractivity contribution >= 4 is 24.6 Å². The van der Waals surface area contributed by atoms with E-state index < -0.39 is 42.4 Å². The van der Waals surface area contributed by atoms with Gasteiger partial charge in [0.05, 0.1) is 16.1 Å². The van der Waals surface area contributed by atoms with E-state index in [1.54, 1.807) is 0 Å². The Morgan fingerprint density at radius 3 is 2.41 bits per heavy atom. The van der Waals surface area contributed by atoms with E-state index in [1.165, 1.54) is 6.07 Å². The van der Waals surface area contributed by atoms with Crippen LogP contribution in [0.4, 0.5) is 13.2 Å². The Labute approximate surface area is 124 Å². The van der Waals surface area contributed by atoms with Crippen molar-refractivity contribution in [1.82, 2.24) is 0 Å². The molecule has 0 amide bonds. The Morgan fingerprint density at radius 1 is 1.09 bits per heavy atom. The molecular weight excluding hydrogens is 345 g/mol. The first kappa shape index (κ1) is 16.6. The van der Waals surface area contributed by atoms with Gasteiger partial charge in [-0.05, 0) is 17.7 Å². The fourth-order valence-corrected chi connectivity index (χ4v) is 4.75. The minimum atomic E-state index is -4.94. The lowest BCUT2D eigenvalue weighted by atomic mass is 10.2. The smallest absolute Gasteiger partial charge is 0.406 e. The highest BCUT2D eigenvalue weighted by Gasteiger charge is 2.31. The molecule has 0 atom stereocenters. The number of halogens is 3. The highest BCUT2D eigenvalue weighted by atomic mass is 32.2. The summed E-state index contributed by atoms with van der Waals surface area (Å²) in [6.45, 7) is 0. The molecular formula is C12H9F3O5S2. The van der Waals surface area contributed by atoms with Crippen molar-refractivity contribution in [3.8, 4) is 5.75 Å². The monoisotopic (exact) mass is 354 g/mol. The van der Waals surface area contributed by atoms with Crippen molar-refractivity contribution in [2.24, 2.45) is 0 Å². The molecule has 1 aromatic carbocycles. The van der Waals surface area contributed by atoms with Gasteiger partial charge in [-0.15, -0.1) is 13.2 Å². The van der Waals surface area contributed by atoms with Crippen molar-refractivity contribution in [2.45, 2.75) is 6.36 Å². The fraction of sp³-hybridized carbons (Fsp3) is 0.167. The van der Waals surface area contributed by atoms with Crippen molar-refractivity contribution in [2.75, 3.05) is 5.75 Å². The molecule has 1 aliphatic rings. The number of hydrogen-bond acceptors (Lipinski definition) is 5. The Kier molecular flexibility index (Phi) is 4.09. The molecule has 0 bridgehead atoms. The van der Waals surface area contributed by atoms with Crippen LogP contribution in [0, 0.1) is 0 Å². The number of rotatable bonds is 2. The van der Waals surface area contributed by atoms with Crippen LogP contribution in [0.5, 0.6) is 5.75 Å². The van der Waals surface area contributed by atoms with E-state index in [-0.39, 0.29) is 5.56 Å². The van der Waals surface area contributed by atoms with Gasteiger partial charge in [0.25, 0.3) is 0 Å². The number of benzene rings is 1. The first-order valence-electron chi connectivity index (χ1n) is 5.71. The van der Waals surface area contributed by atoms with Crippen LogP contribution in [0.3, 0.4) is 0 Å². The van der Waals surface area contributed by atoms with Crippen LogP contribution in [0.2, 0.25) is 0 Å². The van der Waals surface area contributed by atoms with Crippen LogP contribution in [-0.2, 0) is 19.7 Å². The lowest BCUT2D eigenvalue weighted by Crippen LogP contribution is -2.17. The molecule has 22 heavy (non-hydrogen) atoms. The molecule has 0 aromatic heterocycles. The Balaban J connectivity index is 2.55. The lowest BCUT2D eigenvalue weighted by molar-refractivity contribution is -0.274. The van der Waals surface area contributed by atoms with E-state index in [9.17, 15) is 30.0 Å². The molecule has 0 saturated heterocycles. The van der Waals surface area contributed by atoms with Gasteiger partial charge in [-0.1, -0.05) is 18.2 Å². The number of alkyl halides is 3. The van der Waals surface area contributed by atoms with Crippen LogP contribution in [0.1, 0.15) is 5.56 Å². The van der Waals surface area contributed by atoms with Gasteiger partial charge in [0.1, 0.15) is 5.75 Å². The highest BCUT2D eigenvalue weighted by Crippen LogP contribution is 2.30. The predicted molar refractivity (Wildman–Crippen MR) is 72.9 cm³/mol. The Hall–Kier alpha value is -1.81. The lowest BCUT2D eigenvalue weighted by Gasteiger charge is -2.11. The Morgan fingerprint density at radius 2 is 1.77 bits per heavy atom. The van der Waals surface area contributed by atoms with Crippen molar-refractivity contribution < 1.29 is 34.7 Å². The molecule has 0 N–H and O–H groups in total. The quantitative estimate of drug-likeness (QED) is 0.814. The molecule has 1 heterocycles. The first-order chi connectivity index (χ1) is 9.99. The van der Waals surface area contributed by atoms with Gasteiger partial charge in [0.2, 0.25) is 0 Å². The van der Waals surface area contributed by atoms with Gasteiger partial charge in [0, 0.05) is 5.41 Å². The minimum Gasteiger partial charge on any atom is -0.406 e. The molecule has 0 saturated carbocycles. The maximum absolute atomic E-state index is 12.2. The minimum absolute atomic E-state index is 0.200. The largest absolute Gasteiger partial charge is 0.573 e. The van der Waals surface area contributed by atoms with E-state index in [2.05, 4.69) is 4.74 Å². The molecule has 2 rings (SSSR count). The molecule has 10 heteroatoms. The molecule has 1 aromatic rings. The molecule has 0 aliphatic carbocycles. The molecule has 0 spiro atoms. The van der Waals surface area contributed by atoms with Gasteiger partial charge in [-0.25, -0.2) is 16.8 Å². The third kappa shape index (κ3) is 4.10. The van der Waals surface area contributed by atoms with Gasteiger partial charge < -0.3 is 4.74 Å². The summed E-state index contributed by atoms with van der Waals surface area (Å²) in [5.41, 5.74) is -0.200. The summed E-state index contributed by atoms with van der Waals surface area (Å²) in [7, 11) is -7.91. The molecule has 0 fully saturated rings. The maximum Gasteiger partial charge on any atom is 0.573 e. The van der Waals surface area contributed by atoms with E-state index in [0.717, 1.165) is 29.7 Å². The maximum atomic E-state index is 12.2. The summed E-state index contributed by atoms with van der Waals surface area (Å²) >= 11 is 0. The summed E-state index contributed by atoms with van der Waals surface area (Å²) < 4.78 is 87.6. The van der Waals surface area contributed by atoms with Crippen molar-refractivity contribution in [3.63, 3.8) is 0 Å². The molecule has 0 unspecified atom stereocenters. The summed E-state index contributed by atoms with van der Waals surface area (Å²) in [6, 6.07) is 4.12. The molecule has 1 aliphatic heterocycles. The number of ether oxygens (including phenoxy) is 1. The van der Waals surface area contributed by atoms with Crippen LogP contribution < -0.4 is 4.74 Å². The van der Waals surface area contributed by atoms with Crippen LogP contribution in [-0.4, -0.2) is 29.0 Å². The number of hydrogen-bond donors (Lipinski definition) is 0. The number of sulfone groups is 2. The SMILES string of the molecule is O=S1(=O)C=CCS(=O)(=O)C(c2cccc(OC(F)(F)F)c2)=C1. The molecule has 5 nitrogen and oxygen atoms in total. The normalized spacial score (nSPS) is 20.0. The van der Waals surface area contributed by atoms with E-state index in [0.29, 0.717) is 5.41 Å². The fourth-order valence-electron chi connectivity index (χ4n) is 1.75. The van der Waals surface area contributed by atoms with E-state index >= 15 is 0 Å². The standard InChI is InChI=1S/C12H9F3O5S2/c13-12(14,15)20-10-4-1-3-9(7-10)11-8-21(16,17)5-2-6-22(11,18)19/h1-5,7-8H,6H2. The summed E-state index contributed by atoms with van der Waals surface area (Å²) in [6.07, 6.45) is -3.98. The topological polar surface area (TPSA) is 77.5 Å². The van der Waals surface area contributed by atoms with Gasteiger partial charge >= 0.3 is 6.36 Å². The average Bonchev–Trinajstić information content (AvgIpc) is 2.43. The first-order valence-corrected chi connectivity index (χ1v) is 8.97. The zero-order valence-corrected chi connectivity index (χ0v) is 12.4. The van der Waals surface area contributed by atoms with Crippen LogP contribution in [0.15, 0.2) is 41.2 Å². The zero-order valence-electron chi connectivity index (χ0n) is 10.7. The van der Waals surface area contributed by atoms with Crippen LogP contribution in [0.25, 0.3) is 4.91 Å². The summed E-state index contributed by atoms with van der Waals surface area (Å²) in [5.74, 6) is -1.21. The third-order valence-electron chi connectivity index (χ3n) is 2.56. The summed E-state index contributed by atoms with van der Waals surface area (Å²) in [4.78, 5) is -0.579. The van der Waals surface area contributed by atoms with Gasteiger partial charge in [-0.2, -0.15) is 0 Å². The van der Waals surface area contributed by atoms with Gasteiger partial charge in [0.15, 0.2) is 19.7 Å². The van der Waals surface area contributed by atoms with E-state index in [1.807, 2.05) is 0 Å². The third-order valence-corrected chi connectivity index (χ3v) is 5.50. The van der Waals surface area contributed by atoms with Crippen molar-refractivity contribution in [3.05, 3.63) is 46.7 Å². The predicted octanol–water partition coefficient (Wildman–Crippen LogP) is 2.24. The van der Waals surface area contributed by atoms with Crippen molar-refractivity contribution in [1.29, 1.82) is 0 Å². The molecule has 120 valence electrons. The van der Waals surface area contributed by atoms with Gasteiger partial charge in [-0.3, -0.25) is 0 Å². The molecule has 0 radical (unpaired) electrons. The second-order valence-corrected chi connectivity index (χ2v) is 7.99.